The summed E-state index contributed by atoms with van der Waals surface area (Å²) >= 11 is 3.07. The molecule has 1 aromatic carbocycles. The van der Waals surface area contributed by atoms with Crippen LogP contribution in [0.3, 0.4) is 0 Å². The van der Waals surface area contributed by atoms with Crippen molar-refractivity contribution in [2.24, 2.45) is 0 Å². The number of nitrogens with zero attached hydrogens (tertiary/aromatic N) is 2. The average Bonchev–Trinajstić information content (AvgIpc) is 2.82. The number of rotatable bonds is 4. The lowest BCUT2D eigenvalue weighted by molar-refractivity contribution is 0.652. The molecule has 0 saturated heterocycles. The third-order valence-electron chi connectivity index (χ3n) is 2.36. The van der Waals surface area contributed by atoms with Crippen molar-refractivity contribution in [3.05, 3.63) is 36.2 Å². The number of aromatic nitrogens is 2. The van der Waals surface area contributed by atoms with Crippen LogP contribution in [0, 0.1) is 0 Å². The zero-order valence-corrected chi connectivity index (χ0v) is 10.8. The maximum atomic E-state index is 4.14. The largest absolute Gasteiger partial charge is 0.313 e. The molecule has 0 bridgehead atoms. The van der Waals surface area contributed by atoms with Crippen molar-refractivity contribution in [3.63, 3.8) is 0 Å². The summed E-state index contributed by atoms with van der Waals surface area (Å²) in [6.07, 6.45) is 1.59. The first kappa shape index (κ1) is 11.6. The van der Waals surface area contributed by atoms with Gasteiger partial charge in [0.25, 0.3) is 0 Å². The van der Waals surface area contributed by atoms with E-state index in [2.05, 4.69) is 45.9 Å². The normalized spacial score (nSPS) is 12.6. The standard InChI is InChI=1S/C11H13N3S2/c1-8(12-2)9-3-5-10(6-4-9)15-11-13-7-14-16-11/h3-8,12H,1-2H3. The molecule has 3 nitrogen and oxygen atoms in total. The highest BCUT2D eigenvalue weighted by Crippen LogP contribution is 2.28. The Morgan fingerprint density at radius 2 is 2.06 bits per heavy atom. The fourth-order valence-corrected chi connectivity index (χ4v) is 2.72. The van der Waals surface area contributed by atoms with Gasteiger partial charge in [-0.25, -0.2) is 4.98 Å². The Balaban J connectivity index is 2.07. The van der Waals surface area contributed by atoms with Gasteiger partial charge in [-0.3, -0.25) is 0 Å². The monoisotopic (exact) mass is 251 g/mol. The topological polar surface area (TPSA) is 37.8 Å². The van der Waals surface area contributed by atoms with E-state index in [0.29, 0.717) is 6.04 Å². The van der Waals surface area contributed by atoms with Crippen LogP contribution in [0.2, 0.25) is 0 Å². The van der Waals surface area contributed by atoms with Gasteiger partial charge in [-0.2, -0.15) is 4.37 Å². The van der Waals surface area contributed by atoms with Crippen LogP contribution < -0.4 is 5.32 Å². The first-order valence-electron chi connectivity index (χ1n) is 5.01. The van der Waals surface area contributed by atoms with Crippen molar-refractivity contribution >= 4 is 23.3 Å². The maximum absolute atomic E-state index is 4.14. The molecule has 1 heterocycles. The molecule has 1 unspecified atom stereocenters. The molecule has 0 radical (unpaired) electrons. The highest BCUT2D eigenvalue weighted by molar-refractivity contribution is 8.01. The van der Waals surface area contributed by atoms with E-state index in [9.17, 15) is 0 Å². The van der Waals surface area contributed by atoms with E-state index in [1.54, 1.807) is 18.1 Å². The van der Waals surface area contributed by atoms with Gasteiger partial charge < -0.3 is 5.32 Å². The molecule has 2 aromatic rings. The van der Waals surface area contributed by atoms with Crippen molar-refractivity contribution in [2.75, 3.05) is 7.05 Å². The Morgan fingerprint density at radius 1 is 1.31 bits per heavy atom. The Bertz CT molecular complexity index is 425. The summed E-state index contributed by atoms with van der Waals surface area (Å²) in [5.41, 5.74) is 1.30. The molecule has 0 saturated carbocycles. The molecular weight excluding hydrogens is 238 g/mol. The van der Waals surface area contributed by atoms with Crippen LogP contribution in [0.15, 0.2) is 39.8 Å². The van der Waals surface area contributed by atoms with Crippen LogP contribution in [0.4, 0.5) is 0 Å². The fourth-order valence-electron chi connectivity index (χ4n) is 1.30. The number of hydrogen-bond donors (Lipinski definition) is 1. The summed E-state index contributed by atoms with van der Waals surface area (Å²) in [6, 6.07) is 8.92. The van der Waals surface area contributed by atoms with Gasteiger partial charge in [-0.15, -0.1) is 0 Å². The lowest BCUT2D eigenvalue weighted by atomic mass is 10.1. The van der Waals surface area contributed by atoms with E-state index in [1.807, 2.05) is 7.05 Å². The lowest BCUT2D eigenvalue weighted by Crippen LogP contribution is -2.11. The SMILES string of the molecule is CNC(C)c1ccc(Sc2ncns2)cc1. The molecule has 0 amide bonds. The molecule has 0 aliphatic rings. The smallest absolute Gasteiger partial charge is 0.174 e. The van der Waals surface area contributed by atoms with E-state index in [1.165, 1.54) is 22.0 Å². The third kappa shape index (κ3) is 2.81. The summed E-state index contributed by atoms with van der Waals surface area (Å²) < 4.78 is 4.96. The molecule has 0 aliphatic heterocycles. The number of nitrogens with one attached hydrogen (secondary N) is 1. The van der Waals surface area contributed by atoms with Gasteiger partial charge in [0, 0.05) is 10.9 Å². The summed E-state index contributed by atoms with van der Waals surface area (Å²) in [6.45, 7) is 2.15. The molecule has 2 rings (SSSR count). The number of hydrogen-bond acceptors (Lipinski definition) is 5. The van der Waals surface area contributed by atoms with E-state index in [4.69, 9.17) is 0 Å². The molecule has 0 fully saturated rings. The van der Waals surface area contributed by atoms with E-state index < -0.39 is 0 Å². The molecule has 1 aromatic heterocycles. The second kappa shape index (κ2) is 5.43. The first-order valence-corrected chi connectivity index (χ1v) is 6.60. The minimum Gasteiger partial charge on any atom is -0.313 e. The van der Waals surface area contributed by atoms with Crippen molar-refractivity contribution < 1.29 is 0 Å². The Labute approximate surface area is 103 Å². The zero-order chi connectivity index (χ0) is 11.4. The van der Waals surface area contributed by atoms with Gasteiger partial charge in [0.05, 0.1) is 0 Å². The second-order valence-corrected chi connectivity index (χ2v) is 5.49. The zero-order valence-electron chi connectivity index (χ0n) is 9.18. The first-order chi connectivity index (χ1) is 7.79. The highest BCUT2D eigenvalue weighted by atomic mass is 32.2. The molecular formula is C11H13N3S2. The summed E-state index contributed by atoms with van der Waals surface area (Å²) in [5.74, 6) is 0. The van der Waals surface area contributed by atoms with Crippen LogP contribution in [-0.4, -0.2) is 16.4 Å². The molecule has 84 valence electrons. The Morgan fingerprint density at radius 3 is 2.62 bits per heavy atom. The lowest BCUT2D eigenvalue weighted by Gasteiger charge is -2.10. The highest BCUT2D eigenvalue weighted by Gasteiger charge is 2.03. The molecule has 16 heavy (non-hydrogen) atoms. The average molecular weight is 251 g/mol. The van der Waals surface area contributed by atoms with Gasteiger partial charge >= 0.3 is 0 Å². The van der Waals surface area contributed by atoms with E-state index in [-0.39, 0.29) is 0 Å². The summed E-state index contributed by atoms with van der Waals surface area (Å²) in [4.78, 5) is 5.34. The summed E-state index contributed by atoms with van der Waals surface area (Å²) in [5, 5.41) is 3.22. The van der Waals surface area contributed by atoms with Gasteiger partial charge in [0.2, 0.25) is 0 Å². The molecule has 1 atom stereocenters. The van der Waals surface area contributed by atoms with Crippen LogP contribution in [0.25, 0.3) is 0 Å². The molecule has 0 aliphatic carbocycles. The van der Waals surface area contributed by atoms with Crippen molar-refractivity contribution in [1.82, 2.24) is 14.7 Å². The van der Waals surface area contributed by atoms with Crippen LogP contribution in [-0.2, 0) is 0 Å². The van der Waals surface area contributed by atoms with Crippen LogP contribution in [0.5, 0.6) is 0 Å². The van der Waals surface area contributed by atoms with Crippen LogP contribution in [0.1, 0.15) is 18.5 Å². The Hall–Kier alpha value is -0.910. The van der Waals surface area contributed by atoms with Gasteiger partial charge in [0.15, 0.2) is 4.34 Å². The van der Waals surface area contributed by atoms with Crippen molar-refractivity contribution in [2.45, 2.75) is 22.2 Å². The number of benzene rings is 1. The maximum Gasteiger partial charge on any atom is 0.174 e. The second-order valence-electron chi connectivity index (χ2n) is 3.39. The van der Waals surface area contributed by atoms with Gasteiger partial charge in [-0.05, 0) is 43.2 Å². The van der Waals surface area contributed by atoms with Crippen molar-refractivity contribution in [3.8, 4) is 0 Å². The van der Waals surface area contributed by atoms with E-state index >= 15 is 0 Å². The molecule has 5 heteroatoms. The third-order valence-corrected chi connectivity index (χ3v) is 4.08. The Kier molecular flexibility index (Phi) is 3.93. The minimum atomic E-state index is 0.389. The van der Waals surface area contributed by atoms with E-state index in [0.717, 1.165) is 4.34 Å². The molecule has 1 N–H and O–H groups in total. The van der Waals surface area contributed by atoms with Crippen LogP contribution >= 0.6 is 23.3 Å². The van der Waals surface area contributed by atoms with Gasteiger partial charge in [-0.1, -0.05) is 23.9 Å². The predicted octanol–water partition coefficient (Wildman–Crippen LogP) is 2.97. The van der Waals surface area contributed by atoms with Gasteiger partial charge in [0.1, 0.15) is 6.33 Å². The predicted molar refractivity (Wildman–Crippen MR) is 67.9 cm³/mol. The minimum absolute atomic E-state index is 0.389. The summed E-state index contributed by atoms with van der Waals surface area (Å²) in [7, 11) is 1.97. The van der Waals surface area contributed by atoms with Crippen molar-refractivity contribution in [1.29, 1.82) is 0 Å². The molecule has 0 spiro atoms. The fraction of sp³-hybridized carbons (Fsp3) is 0.273. The quantitative estimate of drug-likeness (QED) is 0.906.